The van der Waals surface area contributed by atoms with Crippen LogP contribution in [0.3, 0.4) is 0 Å². The van der Waals surface area contributed by atoms with E-state index in [0.29, 0.717) is 21.3 Å². The fraction of sp³-hybridized carbons (Fsp3) is 0.0833. The molecule has 0 saturated heterocycles. The van der Waals surface area contributed by atoms with Gasteiger partial charge in [0.1, 0.15) is 5.82 Å². The molecule has 1 aromatic heterocycles. The Kier molecular flexibility index (Phi) is 5.18. The Balaban J connectivity index is 0.00000200. The summed E-state index contributed by atoms with van der Waals surface area (Å²) in [5.74, 6) is -0.736. The molecule has 0 atom stereocenters. The summed E-state index contributed by atoms with van der Waals surface area (Å²) in [4.78, 5) is 20.5. The molecule has 0 aliphatic carbocycles. The van der Waals surface area contributed by atoms with Gasteiger partial charge in [0.2, 0.25) is 10.9 Å². The fourth-order valence-electron chi connectivity index (χ4n) is 1.48. The quantitative estimate of drug-likeness (QED) is 0.515. The molecule has 0 fully saturated rings. The summed E-state index contributed by atoms with van der Waals surface area (Å²) in [6.07, 6.45) is 0. The predicted octanol–water partition coefficient (Wildman–Crippen LogP) is 2.15. The molecule has 106 valence electrons. The number of benzene rings is 1. The van der Waals surface area contributed by atoms with Crippen LogP contribution in [0.4, 0.5) is 9.52 Å². The normalized spacial score (nSPS) is 9.70. The van der Waals surface area contributed by atoms with E-state index >= 15 is 0 Å². The molecule has 0 radical (unpaired) electrons. The van der Waals surface area contributed by atoms with Gasteiger partial charge in [0.25, 0.3) is 0 Å². The zero-order chi connectivity index (χ0) is 14.0. The molecule has 2 aromatic rings. The van der Waals surface area contributed by atoms with E-state index in [2.05, 4.69) is 9.98 Å². The molecular weight excluding hydrogens is 303 g/mol. The number of aryl methyl sites for hydroxylation is 1. The van der Waals surface area contributed by atoms with E-state index in [0.717, 1.165) is 11.3 Å². The Morgan fingerprint density at radius 3 is 2.45 bits per heavy atom. The first-order valence-corrected chi connectivity index (χ1v) is 6.16. The molecule has 20 heavy (non-hydrogen) atoms. The highest BCUT2D eigenvalue weighted by molar-refractivity contribution is 7.17. The molecule has 1 heterocycles. The topological polar surface area (TPSA) is 94.4 Å². The van der Waals surface area contributed by atoms with E-state index in [-0.39, 0.29) is 24.1 Å². The lowest BCUT2D eigenvalue weighted by molar-refractivity contribution is 0.104. The van der Waals surface area contributed by atoms with E-state index in [9.17, 15) is 9.18 Å². The van der Waals surface area contributed by atoms with Crippen LogP contribution in [0, 0.1) is 12.7 Å². The van der Waals surface area contributed by atoms with E-state index in [1.54, 1.807) is 6.92 Å². The summed E-state index contributed by atoms with van der Waals surface area (Å²) in [5.41, 5.74) is 11.4. The first-order valence-electron chi connectivity index (χ1n) is 5.34. The van der Waals surface area contributed by atoms with Crippen LogP contribution >= 0.6 is 23.7 Å². The van der Waals surface area contributed by atoms with Gasteiger partial charge in [-0.05, 0) is 31.2 Å². The SMILES string of the molecule is Cc1nc(N=C(N)N)sc1C(=O)c1ccc(F)cc1.Cl. The highest BCUT2D eigenvalue weighted by Gasteiger charge is 2.17. The third-order valence-corrected chi connectivity index (χ3v) is 3.37. The number of aromatic nitrogens is 1. The number of halogens is 2. The highest BCUT2D eigenvalue weighted by atomic mass is 35.5. The summed E-state index contributed by atoms with van der Waals surface area (Å²) in [6, 6.07) is 5.33. The summed E-state index contributed by atoms with van der Waals surface area (Å²) >= 11 is 1.09. The maximum Gasteiger partial charge on any atom is 0.213 e. The Hall–Kier alpha value is -1.99. The molecule has 5 nitrogen and oxygen atoms in total. The third-order valence-electron chi connectivity index (χ3n) is 2.32. The number of nitrogens with zero attached hydrogens (tertiary/aromatic N) is 2. The number of nitrogens with two attached hydrogens (primary N) is 2. The fourth-order valence-corrected chi connectivity index (χ4v) is 2.40. The van der Waals surface area contributed by atoms with Gasteiger partial charge in [0.05, 0.1) is 10.6 Å². The number of carbonyl (C=O) groups excluding carboxylic acids is 1. The van der Waals surface area contributed by atoms with Gasteiger partial charge in [-0.25, -0.2) is 9.37 Å². The summed E-state index contributed by atoms with van der Waals surface area (Å²) in [5, 5.41) is 0.322. The van der Waals surface area contributed by atoms with E-state index < -0.39 is 5.82 Å². The van der Waals surface area contributed by atoms with Crippen molar-refractivity contribution in [3.05, 3.63) is 46.2 Å². The predicted molar refractivity (Wildman–Crippen MR) is 79.4 cm³/mol. The van der Waals surface area contributed by atoms with Crippen molar-refractivity contribution in [3.8, 4) is 0 Å². The number of rotatable bonds is 3. The number of aliphatic imine (C=N–C) groups is 1. The standard InChI is InChI=1S/C12H11FN4OS.ClH/c1-6-10(19-12(16-6)17-11(14)15)9(18)7-2-4-8(13)5-3-7;/h2-5H,1H3,(H4,14,15,16,17);1H. The van der Waals surface area contributed by atoms with Crippen molar-refractivity contribution in [3.63, 3.8) is 0 Å². The number of hydrogen-bond donors (Lipinski definition) is 2. The lowest BCUT2D eigenvalue weighted by Gasteiger charge is -1.98. The molecule has 0 spiro atoms. The first kappa shape index (κ1) is 16.1. The average molecular weight is 315 g/mol. The number of thiazole rings is 1. The van der Waals surface area contributed by atoms with Gasteiger partial charge in [-0.1, -0.05) is 11.3 Å². The minimum atomic E-state index is -0.390. The van der Waals surface area contributed by atoms with Gasteiger partial charge in [-0.15, -0.1) is 12.4 Å². The molecular formula is C12H12ClFN4OS. The summed E-state index contributed by atoms with van der Waals surface area (Å²) < 4.78 is 12.8. The number of guanidine groups is 1. The highest BCUT2D eigenvalue weighted by Crippen LogP contribution is 2.27. The van der Waals surface area contributed by atoms with Crippen molar-refractivity contribution in [1.82, 2.24) is 4.98 Å². The third kappa shape index (κ3) is 3.52. The van der Waals surface area contributed by atoms with Gasteiger partial charge >= 0.3 is 0 Å². The van der Waals surface area contributed by atoms with Gasteiger partial charge in [-0.2, -0.15) is 4.99 Å². The average Bonchev–Trinajstić information content (AvgIpc) is 2.69. The van der Waals surface area contributed by atoms with E-state index in [1.165, 1.54) is 24.3 Å². The van der Waals surface area contributed by atoms with Crippen molar-refractivity contribution in [1.29, 1.82) is 0 Å². The Morgan fingerprint density at radius 2 is 1.90 bits per heavy atom. The van der Waals surface area contributed by atoms with Crippen molar-refractivity contribution in [2.75, 3.05) is 0 Å². The lowest BCUT2D eigenvalue weighted by atomic mass is 10.1. The van der Waals surface area contributed by atoms with Gasteiger partial charge in [0.15, 0.2) is 5.96 Å². The number of hydrogen-bond acceptors (Lipinski definition) is 4. The zero-order valence-corrected chi connectivity index (χ0v) is 12.1. The first-order chi connectivity index (χ1) is 8.97. The van der Waals surface area contributed by atoms with Crippen LogP contribution in [-0.4, -0.2) is 16.7 Å². The Morgan fingerprint density at radius 1 is 1.30 bits per heavy atom. The largest absolute Gasteiger partial charge is 0.370 e. The summed E-state index contributed by atoms with van der Waals surface area (Å²) in [7, 11) is 0. The van der Waals surface area contributed by atoms with Crippen LogP contribution in [0.5, 0.6) is 0 Å². The molecule has 2 rings (SSSR count). The van der Waals surface area contributed by atoms with Crippen molar-refractivity contribution >= 4 is 40.6 Å². The molecule has 0 amide bonds. The van der Waals surface area contributed by atoms with Crippen molar-refractivity contribution in [2.45, 2.75) is 6.92 Å². The van der Waals surface area contributed by atoms with Crippen LogP contribution in [-0.2, 0) is 0 Å². The summed E-state index contributed by atoms with van der Waals surface area (Å²) in [6.45, 7) is 1.69. The van der Waals surface area contributed by atoms with Gasteiger partial charge in [-0.3, -0.25) is 4.79 Å². The minimum Gasteiger partial charge on any atom is -0.370 e. The molecule has 0 saturated carbocycles. The molecule has 4 N–H and O–H groups in total. The lowest BCUT2D eigenvalue weighted by Crippen LogP contribution is -2.21. The van der Waals surface area contributed by atoms with Gasteiger partial charge < -0.3 is 11.5 Å². The second-order valence-corrected chi connectivity index (χ2v) is 4.76. The number of carbonyl (C=O) groups is 1. The maximum absolute atomic E-state index is 12.8. The van der Waals surface area contributed by atoms with Crippen LogP contribution < -0.4 is 11.5 Å². The minimum absolute atomic E-state index is 0. The molecule has 1 aromatic carbocycles. The molecule has 0 aliphatic rings. The smallest absolute Gasteiger partial charge is 0.213 e. The van der Waals surface area contributed by atoms with E-state index in [1.807, 2.05) is 0 Å². The molecule has 8 heteroatoms. The molecule has 0 aliphatic heterocycles. The van der Waals surface area contributed by atoms with Crippen LogP contribution in [0.1, 0.15) is 20.9 Å². The number of ketones is 1. The Labute approximate surface area is 124 Å². The van der Waals surface area contributed by atoms with Crippen molar-refractivity contribution < 1.29 is 9.18 Å². The van der Waals surface area contributed by atoms with Crippen LogP contribution in [0.25, 0.3) is 0 Å². The maximum atomic E-state index is 12.8. The Bertz CT molecular complexity index is 650. The zero-order valence-electron chi connectivity index (χ0n) is 10.5. The monoisotopic (exact) mass is 314 g/mol. The molecule has 0 bridgehead atoms. The second-order valence-electron chi connectivity index (χ2n) is 3.78. The van der Waals surface area contributed by atoms with Crippen LogP contribution in [0.15, 0.2) is 29.3 Å². The van der Waals surface area contributed by atoms with E-state index in [4.69, 9.17) is 11.5 Å². The van der Waals surface area contributed by atoms with Crippen molar-refractivity contribution in [2.24, 2.45) is 16.5 Å². The second kappa shape index (κ2) is 6.44. The van der Waals surface area contributed by atoms with Crippen LogP contribution in [0.2, 0.25) is 0 Å². The van der Waals surface area contributed by atoms with Gasteiger partial charge in [0, 0.05) is 5.56 Å². The molecule has 0 unspecified atom stereocenters.